The van der Waals surface area contributed by atoms with Crippen LogP contribution in [-0.4, -0.2) is 23.3 Å². The number of non-ortho nitro benzene ring substituents is 1. The van der Waals surface area contributed by atoms with Gasteiger partial charge >= 0.3 is 0 Å². The molecule has 1 atom stereocenters. The summed E-state index contributed by atoms with van der Waals surface area (Å²) in [5.74, 6) is -1.01. The maximum atomic E-state index is 12.0. The van der Waals surface area contributed by atoms with E-state index >= 15 is 0 Å². The molecule has 2 rings (SSSR count). The van der Waals surface area contributed by atoms with E-state index in [0.29, 0.717) is 15.6 Å². The zero-order valence-corrected chi connectivity index (χ0v) is 15.2. The second-order valence-electron chi connectivity index (χ2n) is 5.45. The number of rotatable bonds is 6. The van der Waals surface area contributed by atoms with Crippen LogP contribution in [0.2, 0.25) is 10.0 Å². The van der Waals surface area contributed by atoms with Crippen molar-refractivity contribution in [2.75, 3.05) is 6.54 Å². The van der Waals surface area contributed by atoms with Crippen LogP contribution >= 0.6 is 23.2 Å². The van der Waals surface area contributed by atoms with Crippen molar-refractivity contribution >= 4 is 40.7 Å². The summed E-state index contributed by atoms with van der Waals surface area (Å²) in [7, 11) is 0. The Bertz CT molecular complexity index is 858. The molecule has 2 aromatic carbocycles. The van der Waals surface area contributed by atoms with Gasteiger partial charge in [0.05, 0.1) is 17.5 Å². The molecule has 0 aliphatic heterocycles. The van der Waals surface area contributed by atoms with E-state index in [2.05, 4.69) is 10.6 Å². The molecule has 0 aliphatic carbocycles. The molecule has 26 heavy (non-hydrogen) atoms. The molecule has 2 amide bonds. The number of nitro benzene ring substituents is 1. The number of benzene rings is 2. The monoisotopic (exact) mass is 395 g/mol. The normalized spacial score (nSPS) is 11.5. The van der Waals surface area contributed by atoms with Gasteiger partial charge in [0.2, 0.25) is 5.91 Å². The number of hydrogen-bond acceptors (Lipinski definition) is 4. The molecule has 0 aliphatic rings. The topological polar surface area (TPSA) is 101 Å². The number of hydrogen-bond donors (Lipinski definition) is 2. The van der Waals surface area contributed by atoms with Crippen LogP contribution in [0.3, 0.4) is 0 Å². The molecule has 0 saturated carbocycles. The second kappa shape index (κ2) is 8.64. The second-order valence-corrected chi connectivity index (χ2v) is 6.29. The number of carbonyl (C=O) groups excluding carboxylic acids is 2. The lowest BCUT2D eigenvalue weighted by molar-refractivity contribution is -0.384. The van der Waals surface area contributed by atoms with E-state index in [4.69, 9.17) is 23.2 Å². The van der Waals surface area contributed by atoms with E-state index in [0.717, 1.165) is 6.07 Å². The van der Waals surface area contributed by atoms with Gasteiger partial charge in [-0.15, -0.1) is 0 Å². The Labute approximate surface area is 159 Å². The minimum atomic E-state index is -0.596. The lowest BCUT2D eigenvalue weighted by Crippen LogP contribution is -2.38. The van der Waals surface area contributed by atoms with Crippen molar-refractivity contribution < 1.29 is 14.5 Å². The molecule has 2 N–H and O–H groups in total. The third kappa shape index (κ3) is 5.18. The van der Waals surface area contributed by atoms with Crippen LogP contribution in [0, 0.1) is 10.1 Å². The molecular weight excluding hydrogens is 381 g/mol. The smallest absolute Gasteiger partial charge is 0.270 e. The fourth-order valence-corrected chi connectivity index (χ4v) is 2.82. The molecule has 136 valence electrons. The van der Waals surface area contributed by atoms with Crippen LogP contribution in [0.15, 0.2) is 42.5 Å². The summed E-state index contributed by atoms with van der Waals surface area (Å²) in [6, 6.07) is 9.80. The predicted octanol–water partition coefficient (Wildman–Crippen LogP) is 3.51. The van der Waals surface area contributed by atoms with Crippen LogP contribution in [-0.2, 0) is 4.79 Å². The molecule has 7 nitrogen and oxygen atoms in total. The van der Waals surface area contributed by atoms with Crippen LogP contribution in [0.4, 0.5) is 5.69 Å². The molecule has 0 unspecified atom stereocenters. The van der Waals surface area contributed by atoms with Crippen molar-refractivity contribution in [3.05, 3.63) is 73.8 Å². The van der Waals surface area contributed by atoms with E-state index in [1.165, 1.54) is 18.2 Å². The summed E-state index contributed by atoms with van der Waals surface area (Å²) < 4.78 is 0. The van der Waals surface area contributed by atoms with E-state index in [-0.39, 0.29) is 23.8 Å². The Morgan fingerprint density at radius 3 is 2.58 bits per heavy atom. The molecule has 0 radical (unpaired) electrons. The first-order chi connectivity index (χ1) is 12.3. The molecule has 0 fully saturated rings. The zero-order valence-electron chi connectivity index (χ0n) is 13.7. The maximum Gasteiger partial charge on any atom is 0.270 e. The summed E-state index contributed by atoms with van der Waals surface area (Å²) >= 11 is 11.9. The molecule has 0 spiro atoms. The van der Waals surface area contributed by atoms with E-state index in [1.807, 2.05) is 0 Å². The van der Waals surface area contributed by atoms with Gasteiger partial charge in [0.1, 0.15) is 0 Å². The van der Waals surface area contributed by atoms with Crippen molar-refractivity contribution in [3.63, 3.8) is 0 Å². The first kappa shape index (κ1) is 19.7. The Balaban J connectivity index is 1.92. The lowest BCUT2D eigenvalue weighted by atomic mass is 10.1. The molecule has 0 heterocycles. The first-order valence-electron chi connectivity index (χ1n) is 7.55. The van der Waals surface area contributed by atoms with Gasteiger partial charge in [0, 0.05) is 27.7 Å². The Morgan fingerprint density at radius 1 is 1.19 bits per heavy atom. The highest BCUT2D eigenvalue weighted by Crippen LogP contribution is 2.25. The molecule has 9 heteroatoms. The van der Waals surface area contributed by atoms with Gasteiger partial charge in [0.15, 0.2) is 0 Å². The van der Waals surface area contributed by atoms with Crippen LogP contribution in [0.1, 0.15) is 28.9 Å². The SMILES string of the molecule is C[C@@H](NC(=O)CNC(=O)c1cccc([N+](=O)[O-])c1)c1ccc(Cl)cc1Cl. The van der Waals surface area contributed by atoms with Crippen molar-refractivity contribution in [3.8, 4) is 0 Å². The molecule has 0 aromatic heterocycles. The van der Waals surface area contributed by atoms with E-state index in [1.54, 1.807) is 25.1 Å². The van der Waals surface area contributed by atoms with Crippen molar-refractivity contribution in [2.24, 2.45) is 0 Å². The van der Waals surface area contributed by atoms with Gasteiger partial charge in [-0.05, 0) is 30.7 Å². The third-order valence-electron chi connectivity index (χ3n) is 3.54. The zero-order chi connectivity index (χ0) is 19.3. The van der Waals surface area contributed by atoms with E-state index in [9.17, 15) is 19.7 Å². The van der Waals surface area contributed by atoms with Crippen molar-refractivity contribution in [2.45, 2.75) is 13.0 Å². The fourth-order valence-electron chi connectivity index (χ4n) is 2.25. The molecular formula is C17H15Cl2N3O4. The average Bonchev–Trinajstić information content (AvgIpc) is 2.59. The van der Waals surface area contributed by atoms with Gasteiger partial charge in [-0.1, -0.05) is 35.3 Å². The average molecular weight is 396 g/mol. The van der Waals surface area contributed by atoms with Crippen LogP contribution in [0.25, 0.3) is 0 Å². The largest absolute Gasteiger partial charge is 0.348 e. The maximum absolute atomic E-state index is 12.0. The minimum absolute atomic E-state index is 0.0980. The predicted molar refractivity (Wildman–Crippen MR) is 98.4 cm³/mol. The summed E-state index contributed by atoms with van der Waals surface area (Å²) in [6.07, 6.45) is 0. The first-order valence-corrected chi connectivity index (χ1v) is 8.30. The quantitative estimate of drug-likeness (QED) is 0.576. The standard InChI is InChI=1S/C17H15Cl2N3O4/c1-10(14-6-5-12(18)8-15(14)19)21-16(23)9-20-17(24)11-3-2-4-13(7-11)22(25)26/h2-8,10H,9H2,1H3,(H,20,24)(H,21,23)/t10-/m1/s1. The minimum Gasteiger partial charge on any atom is -0.348 e. The summed E-state index contributed by atoms with van der Waals surface area (Å²) in [5, 5.41) is 16.8. The fraction of sp³-hybridized carbons (Fsp3) is 0.176. The van der Waals surface area contributed by atoms with Gasteiger partial charge in [-0.2, -0.15) is 0 Å². The molecule has 0 bridgehead atoms. The van der Waals surface area contributed by atoms with Gasteiger partial charge < -0.3 is 10.6 Å². The summed E-state index contributed by atoms with van der Waals surface area (Å²) in [6.45, 7) is 1.46. The molecule has 0 saturated heterocycles. The lowest BCUT2D eigenvalue weighted by Gasteiger charge is -2.16. The highest BCUT2D eigenvalue weighted by Gasteiger charge is 2.15. The van der Waals surface area contributed by atoms with Gasteiger partial charge in [-0.3, -0.25) is 19.7 Å². The molecule has 2 aromatic rings. The summed E-state index contributed by atoms with van der Waals surface area (Å²) in [5.41, 5.74) is 0.586. The Kier molecular flexibility index (Phi) is 6.54. The number of halogens is 2. The number of amides is 2. The Hall–Kier alpha value is -2.64. The Morgan fingerprint density at radius 2 is 1.92 bits per heavy atom. The van der Waals surface area contributed by atoms with Gasteiger partial charge in [-0.25, -0.2) is 0 Å². The highest BCUT2D eigenvalue weighted by molar-refractivity contribution is 6.35. The number of carbonyl (C=O) groups is 2. The van der Waals surface area contributed by atoms with Crippen LogP contribution in [0.5, 0.6) is 0 Å². The number of nitrogens with one attached hydrogen (secondary N) is 2. The summed E-state index contributed by atoms with van der Waals surface area (Å²) in [4.78, 5) is 34.2. The number of nitrogens with zero attached hydrogens (tertiary/aromatic N) is 1. The van der Waals surface area contributed by atoms with Crippen molar-refractivity contribution in [1.82, 2.24) is 10.6 Å². The highest BCUT2D eigenvalue weighted by atomic mass is 35.5. The van der Waals surface area contributed by atoms with E-state index < -0.39 is 16.7 Å². The van der Waals surface area contributed by atoms with Crippen molar-refractivity contribution in [1.29, 1.82) is 0 Å². The third-order valence-corrected chi connectivity index (χ3v) is 4.10. The van der Waals surface area contributed by atoms with Crippen LogP contribution < -0.4 is 10.6 Å². The van der Waals surface area contributed by atoms with Gasteiger partial charge in [0.25, 0.3) is 11.6 Å². The number of nitro groups is 1.